The summed E-state index contributed by atoms with van der Waals surface area (Å²) in [4.78, 5) is 36.1. The van der Waals surface area contributed by atoms with Crippen LogP contribution in [0.15, 0.2) is 55.2 Å². The Bertz CT molecular complexity index is 1750. The Morgan fingerprint density at radius 1 is 1.05 bits per heavy atom. The van der Waals surface area contributed by atoms with Gasteiger partial charge < -0.3 is 10.3 Å². The largest absolute Gasteiger partial charge is 0.335 e. The predicted molar refractivity (Wildman–Crippen MR) is 146 cm³/mol. The van der Waals surface area contributed by atoms with Gasteiger partial charge in [0.2, 0.25) is 5.91 Å². The van der Waals surface area contributed by atoms with Gasteiger partial charge in [0.25, 0.3) is 0 Å². The molecule has 6 rings (SSSR count). The van der Waals surface area contributed by atoms with E-state index >= 15 is 0 Å². The van der Waals surface area contributed by atoms with Gasteiger partial charge >= 0.3 is 0 Å². The van der Waals surface area contributed by atoms with E-state index in [-0.39, 0.29) is 5.91 Å². The van der Waals surface area contributed by atoms with Crippen molar-refractivity contribution >= 4 is 44.9 Å². The molecule has 0 aliphatic rings. The number of hydrogen-bond acceptors (Lipinski definition) is 7. The minimum atomic E-state index is -0.0159. The Morgan fingerprint density at radius 2 is 1.95 bits per heavy atom. The number of rotatable bonds is 7. The summed E-state index contributed by atoms with van der Waals surface area (Å²) >= 11 is 1.72. The van der Waals surface area contributed by atoms with Crippen molar-refractivity contribution in [3.05, 3.63) is 60.1 Å². The summed E-state index contributed by atoms with van der Waals surface area (Å²) in [5, 5.41) is 11.4. The molecule has 1 amide bonds. The van der Waals surface area contributed by atoms with Crippen LogP contribution in [0, 0.1) is 6.92 Å². The van der Waals surface area contributed by atoms with E-state index in [1.807, 2.05) is 18.3 Å². The van der Waals surface area contributed by atoms with Gasteiger partial charge in [-0.25, -0.2) is 4.98 Å². The maximum atomic E-state index is 12.2. The molecule has 6 aromatic rings. The zero-order chi connectivity index (χ0) is 25.4. The second kappa shape index (κ2) is 9.55. The molecule has 0 unspecified atom stereocenters. The number of amides is 1. The number of aromatic amines is 2. The van der Waals surface area contributed by atoms with Crippen molar-refractivity contribution in [2.45, 2.75) is 33.1 Å². The summed E-state index contributed by atoms with van der Waals surface area (Å²) in [5.74, 6) is 0.633. The van der Waals surface area contributed by atoms with Crippen molar-refractivity contribution < 1.29 is 4.79 Å². The molecule has 0 spiro atoms. The molecule has 184 valence electrons. The monoisotopic (exact) mass is 508 g/mol. The van der Waals surface area contributed by atoms with Crippen LogP contribution in [0.5, 0.6) is 0 Å². The highest BCUT2D eigenvalue weighted by Gasteiger charge is 2.17. The van der Waals surface area contributed by atoms with Gasteiger partial charge in [0.1, 0.15) is 11.2 Å². The molecule has 0 atom stereocenters. The standard InChI is InChI=1S/C27H24N8OS/c1-3-4-5-24(36)31-17-8-16(10-28-11-17)20-9-18-21(14-30-20)34-35-26(18)27-32-22-13-29-12-19(25(22)33-27)23-7-6-15(2)37-23/h6-14H,3-5H2,1-2H3,(H,31,36)(H,32,33)(H,34,35). The molecule has 0 saturated carbocycles. The molecule has 3 N–H and O–H groups in total. The number of nitrogens with zero attached hydrogens (tertiary/aromatic N) is 5. The molecule has 9 nitrogen and oxygen atoms in total. The average Bonchev–Trinajstić information content (AvgIpc) is 3.64. The Kier molecular flexibility index (Phi) is 5.93. The molecule has 0 radical (unpaired) electrons. The number of thiophene rings is 1. The van der Waals surface area contributed by atoms with Crippen LogP contribution in [-0.2, 0) is 4.79 Å². The van der Waals surface area contributed by atoms with Gasteiger partial charge in [0.15, 0.2) is 5.82 Å². The summed E-state index contributed by atoms with van der Waals surface area (Å²) < 4.78 is 0. The van der Waals surface area contributed by atoms with Gasteiger partial charge in [-0.15, -0.1) is 11.3 Å². The molecular formula is C27H24N8OS. The summed E-state index contributed by atoms with van der Waals surface area (Å²) in [6, 6.07) is 8.04. The van der Waals surface area contributed by atoms with Crippen molar-refractivity contribution in [1.82, 2.24) is 35.1 Å². The molecule has 0 aliphatic carbocycles. The van der Waals surface area contributed by atoms with Crippen LogP contribution < -0.4 is 5.32 Å². The van der Waals surface area contributed by atoms with Crippen molar-refractivity contribution in [2.24, 2.45) is 0 Å². The zero-order valence-corrected chi connectivity index (χ0v) is 21.2. The van der Waals surface area contributed by atoms with E-state index < -0.39 is 0 Å². The first-order valence-electron chi connectivity index (χ1n) is 12.1. The first-order valence-corrected chi connectivity index (χ1v) is 12.9. The highest BCUT2D eigenvalue weighted by Crippen LogP contribution is 2.34. The predicted octanol–water partition coefficient (Wildman–Crippen LogP) is 6.12. The van der Waals surface area contributed by atoms with Crippen LogP contribution in [-0.4, -0.2) is 41.0 Å². The Hall–Kier alpha value is -4.44. The van der Waals surface area contributed by atoms with E-state index in [1.165, 1.54) is 4.88 Å². The number of aryl methyl sites for hydroxylation is 1. The van der Waals surface area contributed by atoms with Crippen LogP contribution in [0.1, 0.15) is 31.1 Å². The third-order valence-corrected chi connectivity index (χ3v) is 7.18. The fourth-order valence-corrected chi connectivity index (χ4v) is 5.15. The number of carbonyl (C=O) groups is 1. The molecule has 6 aromatic heterocycles. The number of aromatic nitrogens is 7. The number of pyridine rings is 3. The lowest BCUT2D eigenvalue weighted by atomic mass is 10.1. The first kappa shape index (κ1) is 23.0. The second-order valence-corrected chi connectivity index (χ2v) is 10.2. The smallest absolute Gasteiger partial charge is 0.224 e. The van der Waals surface area contributed by atoms with E-state index in [4.69, 9.17) is 4.98 Å². The Labute approximate surface area is 216 Å². The maximum Gasteiger partial charge on any atom is 0.224 e. The molecule has 0 aromatic carbocycles. The van der Waals surface area contributed by atoms with Gasteiger partial charge in [0.05, 0.1) is 41.0 Å². The lowest BCUT2D eigenvalue weighted by Gasteiger charge is -2.07. The summed E-state index contributed by atoms with van der Waals surface area (Å²) in [7, 11) is 0. The highest BCUT2D eigenvalue weighted by atomic mass is 32.1. The lowest BCUT2D eigenvalue weighted by Crippen LogP contribution is -2.11. The van der Waals surface area contributed by atoms with Crippen LogP contribution in [0.2, 0.25) is 0 Å². The van der Waals surface area contributed by atoms with Gasteiger partial charge in [-0.2, -0.15) is 5.10 Å². The number of fused-ring (bicyclic) bond motifs is 2. The van der Waals surface area contributed by atoms with Gasteiger partial charge in [-0.1, -0.05) is 13.3 Å². The van der Waals surface area contributed by atoms with Crippen LogP contribution >= 0.6 is 11.3 Å². The topological polar surface area (TPSA) is 125 Å². The number of anilines is 1. The average molecular weight is 509 g/mol. The fourth-order valence-electron chi connectivity index (χ4n) is 4.27. The van der Waals surface area contributed by atoms with Gasteiger partial charge in [0, 0.05) is 45.1 Å². The van der Waals surface area contributed by atoms with Crippen molar-refractivity contribution in [3.8, 4) is 33.2 Å². The van der Waals surface area contributed by atoms with E-state index in [9.17, 15) is 4.79 Å². The molecule has 6 heterocycles. The molecule has 0 saturated heterocycles. The summed E-state index contributed by atoms with van der Waals surface area (Å²) in [5.41, 5.74) is 6.35. The zero-order valence-electron chi connectivity index (χ0n) is 20.4. The number of H-pyrrole nitrogens is 2. The lowest BCUT2D eigenvalue weighted by molar-refractivity contribution is -0.116. The quantitative estimate of drug-likeness (QED) is 0.238. The molecule has 0 bridgehead atoms. The number of imidazole rings is 1. The highest BCUT2D eigenvalue weighted by molar-refractivity contribution is 7.15. The number of hydrogen-bond donors (Lipinski definition) is 3. The van der Waals surface area contributed by atoms with E-state index in [1.54, 1.807) is 36.1 Å². The number of nitrogens with one attached hydrogen (secondary N) is 3. The van der Waals surface area contributed by atoms with Crippen molar-refractivity contribution in [2.75, 3.05) is 5.32 Å². The maximum absolute atomic E-state index is 12.2. The molecule has 37 heavy (non-hydrogen) atoms. The van der Waals surface area contributed by atoms with Crippen LogP contribution in [0.3, 0.4) is 0 Å². The molecule has 0 fully saturated rings. The molecule has 10 heteroatoms. The normalized spacial score (nSPS) is 11.4. The van der Waals surface area contributed by atoms with E-state index in [2.05, 4.69) is 61.4 Å². The minimum absolute atomic E-state index is 0.0159. The Balaban J connectivity index is 1.37. The molecular weight excluding hydrogens is 484 g/mol. The molecule has 0 aliphatic heterocycles. The summed E-state index contributed by atoms with van der Waals surface area (Å²) in [6.07, 6.45) is 11.1. The van der Waals surface area contributed by atoms with E-state index in [0.717, 1.165) is 56.5 Å². The van der Waals surface area contributed by atoms with Crippen molar-refractivity contribution in [1.29, 1.82) is 0 Å². The first-order chi connectivity index (χ1) is 18.1. The third kappa shape index (κ3) is 4.47. The number of carbonyl (C=O) groups excluding carboxylic acids is 1. The Morgan fingerprint density at radius 3 is 2.78 bits per heavy atom. The fraction of sp³-hybridized carbons (Fsp3) is 0.185. The number of unbranched alkanes of at least 4 members (excludes halogenated alkanes) is 1. The van der Waals surface area contributed by atoms with Crippen LogP contribution in [0.25, 0.3) is 55.2 Å². The van der Waals surface area contributed by atoms with Crippen LogP contribution in [0.4, 0.5) is 5.69 Å². The van der Waals surface area contributed by atoms with Gasteiger partial charge in [-0.05, 0) is 37.6 Å². The minimum Gasteiger partial charge on any atom is -0.335 e. The SMILES string of the molecule is CCCCC(=O)Nc1cncc(-c2cc3c(-c4nc5c(-c6ccc(C)s6)cncc5[nH]4)n[nH]c3cn2)c1. The second-order valence-electron chi connectivity index (χ2n) is 8.88. The van der Waals surface area contributed by atoms with Gasteiger partial charge in [-0.3, -0.25) is 24.8 Å². The summed E-state index contributed by atoms with van der Waals surface area (Å²) in [6.45, 7) is 4.15. The third-order valence-electron chi connectivity index (χ3n) is 6.15. The van der Waals surface area contributed by atoms with Crippen molar-refractivity contribution in [3.63, 3.8) is 0 Å². The van der Waals surface area contributed by atoms with E-state index in [0.29, 0.717) is 23.6 Å².